The van der Waals surface area contributed by atoms with Gasteiger partial charge in [-0.3, -0.25) is 9.59 Å². The molecule has 0 aliphatic carbocycles. The highest BCUT2D eigenvalue weighted by molar-refractivity contribution is 7.98. The van der Waals surface area contributed by atoms with Crippen molar-refractivity contribution >= 4 is 65.1 Å². The van der Waals surface area contributed by atoms with Crippen molar-refractivity contribution in [2.24, 2.45) is 11.8 Å². The third-order valence-corrected chi connectivity index (χ3v) is 11.6. The number of carbonyl (C=O) groups excluding carboxylic acids is 6. The molecule has 21 nitrogen and oxygen atoms in total. The highest BCUT2D eigenvalue weighted by Gasteiger charge is 2.33. The molecule has 0 aliphatic heterocycles. The number of nitrogens with zero attached hydrogens (tertiary/aromatic N) is 4. The quantitative estimate of drug-likeness (QED) is 0.0304. The number of halogens is 1. The van der Waals surface area contributed by atoms with Crippen molar-refractivity contribution in [2.75, 3.05) is 18.9 Å². The number of thioether (sulfide) groups is 1. The Labute approximate surface area is 445 Å². The molecule has 4 amide bonds. The van der Waals surface area contributed by atoms with E-state index in [1.54, 1.807) is 106 Å². The van der Waals surface area contributed by atoms with Crippen molar-refractivity contribution in [3.63, 3.8) is 0 Å². The summed E-state index contributed by atoms with van der Waals surface area (Å²) in [5.74, 6) is -3.39. The second-order valence-electron chi connectivity index (χ2n) is 19.8. The highest BCUT2D eigenvalue weighted by Crippen LogP contribution is 2.37. The molecule has 6 N–H and O–H groups in total. The van der Waals surface area contributed by atoms with E-state index in [2.05, 4.69) is 43.4 Å². The average Bonchev–Trinajstić information content (AvgIpc) is 3.80. The zero-order valence-corrected chi connectivity index (χ0v) is 45.5. The molecule has 0 saturated heterocycles. The van der Waals surface area contributed by atoms with Gasteiger partial charge in [0, 0.05) is 21.9 Å². The van der Waals surface area contributed by atoms with Gasteiger partial charge >= 0.3 is 24.1 Å². The Bertz CT molecular complexity index is 2760. The first-order valence-corrected chi connectivity index (χ1v) is 25.1. The number of nitrogen functional groups attached to an aromatic ring is 1. The average molecular weight is 1070 g/mol. The Morgan fingerprint density at radius 2 is 1.21 bits per heavy atom. The zero-order chi connectivity index (χ0) is 55.9. The number of nitrogens with one attached hydrogen (secondary N) is 4. The van der Waals surface area contributed by atoms with Gasteiger partial charge in [-0.1, -0.05) is 63.2 Å². The van der Waals surface area contributed by atoms with Crippen LogP contribution in [0.25, 0.3) is 22.6 Å². The van der Waals surface area contributed by atoms with Crippen molar-refractivity contribution < 1.29 is 56.9 Å². The maximum atomic E-state index is 13.6. The number of oxazole rings is 1. The van der Waals surface area contributed by atoms with E-state index in [0.29, 0.717) is 27.7 Å². The number of ether oxygens (including phenoxy) is 5. The van der Waals surface area contributed by atoms with Gasteiger partial charge in [0.15, 0.2) is 6.10 Å². The van der Waals surface area contributed by atoms with Crippen LogP contribution in [0.4, 0.5) is 15.4 Å². The van der Waals surface area contributed by atoms with E-state index in [-0.39, 0.29) is 39.0 Å². The maximum Gasteiger partial charge on any atom is 0.408 e. The largest absolute Gasteiger partial charge is 0.490 e. The Morgan fingerprint density at radius 1 is 0.707 bits per heavy atom. The van der Waals surface area contributed by atoms with E-state index >= 15 is 0 Å². The number of carbonyl (C=O) groups is 6. The number of alkyl carbamates (subject to hydrolysis) is 2. The summed E-state index contributed by atoms with van der Waals surface area (Å²) < 4.78 is 33.5. The summed E-state index contributed by atoms with van der Waals surface area (Å²) in [6, 6.07) is 12.7. The minimum Gasteiger partial charge on any atom is -0.490 e. The molecule has 75 heavy (non-hydrogen) atoms. The van der Waals surface area contributed by atoms with Crippen molar-refractivity contribution in [1.82, 2.24) is 31.2 Å². The van der Waals surface area contributed by atoms with E-state index in [0.717, 1.165) is 0 Å². The lowest BCUT2D eigenvalue weighted by Gasteiger charge is -2.27. The fourth-order valence-electron chi connectivity index (χ4n) is 6.68. The Hall–Kier alpha value is -7.56. The van der Waals surface area contributed by atoms with Crippen molar-refractivity contribution in [3.8, 4) is 40.5 Å². The number of nitrogens with two attached hydrogens (primary N) is 1. The van der Waals surface area contributed by atoms with Crippen molar-refractivity contribution in [3.05, 3.63) is 76.6 Å². The Kier molecular flexibility index (Phi) is 21.3. The third-order valence-electron chi connectivity index (χ3n) is 10.4. The fourth-order valence-corrected chi connectivity index (χ4v) is 7.68. The van der Waals surface area contributed by atoms with Gasteiger partial charge < -0.3 is 55.1 Å². The number of hydrogen-bond acceptors (Lipinski definition) is 18. The van der Waals surface area contributed by atoms with E-state index in [1.807, 2.05) is 0 Å². The van der Waals surface area contributed by atoms with E-state index < -0.39 is 102 Å². The van der Waals surface area contributed by atoms with Crippen LogP contribution in [0.2, 0.25) is 5.02 Å². The van der Waals surface area contributed by atoms with Crippen LogP contribution >= 0.6 is 23.4 Å². The number of esters is 2. The highest BCUT2D eigenvalue weighted by atomic mass is 35.5. The standard InChI is InChI=1S/C52H64ClN9O12S/c1-27(2)40(60-49(67)73-51(7,8)9)43(63)57-29(5)47(65)71-25-36(72-48(66)30(6)58-44(64)41(28(3)4)61-50(68)74-52(10,11)12)24-69-35-19-15-31(16-20-35)39-37(21-54)42(56)62-46(38(39)22-55)75-26-34-23-70-45(59-34)32-13-17-33(53)18-14-32/h13-20,23,27-30,36,40-41H,24-26H2,1-12H3,(H2,56,62)(H,57,63)(H,58,64)(H,60,67)(H,61,68). The van der Waals surface area contributed by atoms with Gasteiger partial charge in [0.1, 0.15) is 89.1 Å². The number of aromatic nitrogens is 2. The summed E-state index contributed by atoms with van der Waals surface area (Å²) in [5, 5.41) is 31.5. The third kappa shape index (κ3) is 18.4. The fraction of sp³-hybridized carbons (Fsp3) is 0.462. The van der Waals surface area contributed by atoms with Crippen LogP contribution in [-0.4, -0.2) is 101 Å². The molecule has 0 aliphatic rings. The van der Waals surface area contributed by atoms with Crippen LogP contribution in [0.15, 0.2) is 64.2 Å². The molecular weight excluding hydrogens is 1010 g/mol. The lowest BCUT2D eigenvalue weighted by Crippen LogP contribution is -2.54. The minimum atomic E-state index is -1.32. The molecule has 402 valence electrons. The number of amides is 4. The van der Waals surface area contributed by atoms with Gasteiger partial charge in [0.25, 0.3) is 0 Å². The van der Waals surface area contributed by atoms with E-state index in [9.17, 15) is 39.3 Å². The monoisotopic (exact) mass is 1070 g/mol. The molecule has 4 aromatic rings. The summed E-state index contributed by atoms with van der Waals surface area (Å²) in [5.41, 5.74) is 6.57. The molecule has 2 aromatic carbocycles. The SMILES string of the molecule is CC(NC(=O)C(NC(=O)OC(C)(C)C)C(C)C)C(=O)OCC(COc1ccc(-c2c(C#N)c(N)nc(SCc3coc(-c4ccc(Cl)cc4)n3)c2C#N)cc1)OC(=O)C(C)NC(=O)C(NC(=O)OC(C)(C)C)C(C)C. The molecule has 0 radical (unpaired) electrons. The number of nitriles is 2. The Balaban J connectivity index is 1.53. The van der Waals surface area contributed by atoms with Gasteiger partial charge in [0.2, 0.25) is 17.7 Å². The topological polar surface area (TPSA) is 309 Å². The summed E-state index contributed by atoms with van der Waals surface area (Å²) in [7, 11) is 0. The minimum absolute atomic E-state index is 0.0317. The predicted molar refractivity (Wildman–Crippen MR) is 278 cm³/mol. The molecular formula is C52H64ClN9O12S. The number of anilines is 1. The van der Waals surface area contributed by atoms with Gasteiger partial charge in [-0.05, 0) is 109 Å². The molecule has 5 atom stereocenters. The summed E-state index contributed by atoms with van der Waals surface area (Å²) >= 11 is 7.19. The molecule has 0 spiro atoms. The van der Waals surface area contributed by atoms with Gasteiger partial charge in [-0.25, -0.2) is 29.1 Å². The number of rotatable bonds is 21. The molecule has 0 saturated carbocycles. The molecule has 0 bridgehead atoms. The molecule has 2 heterocycles. The zero-order valence-electron chi connectivity index (χ0n) is 43.9. The van der Waals surface area contributed by atoms with Gasteiger partial charge in [-0.15, -0.1) is 0 Å². The second-order valence-corrected chi connectivity index (χ2v) is 21.2. The molecule has 0 fully saturated rings. The van der Waals surface area contributed by atoms with Crippen LogP contribution in [-0.2, 0) is 43.9 Å². The van der Waals surface area contributed by atoms with Crippen molar-refractivity contribution in [1.29, 1.82) is 10.5 Å². The van der Waals surface area contributed by atoms with Crippen LogP contribution < -0.4 is 31.7 Å². The molecule has 5 unspecified atom stereocenters. The summed E-state index contributed by atoms with van der Waals surface area (Å²) in [4.78, 5) is 87.5. The smallest absolute Gasteiger partial charge is 0.408 e. The van der Waals surface area contributed by atoms with E-state index in [1.165, 1.54) is 44.0 Å². The van der Waals surface area contributed by atoms with Crippen LogP contribution in [0.1, 0.15) is 99.9 Å². The molecule has 23 heteroatoms. The van der Waals surface area contributed by atoms with Gasteiger partial charge in [-0.2, -0.15) is 10.5 Å². The first-order valence-electron chi connectivity index (χ1n) is 23.8. The first-order chi connectivity index (χ1) is 35.1. The lowest BCUT2D eigenvalue weighted by molar-refractivity contribution is -0.163. The summed E-state index contributed by atoms with van der Waals surface area (Å²) in [6.45, 7) is 18.5. The molecule has 2 aromatic heterocycles. The lowest BCUT2D eigenvalue weighted by atomic mass is 9.97. The van der Waals surface area contributed by atoms with Crippen LogP contribution in [0, 0.1) is 34.5 Å². The van der Waals surface area contributed by atoms with Gasteiger partial charge in [0.05, 0.1) is 11.3 Å². The number of benzene rings is 2. The number of pyridine rings is 1. The normalized spacial score (nSPS) is 13.4. The first kappa shape index (κ1) is 60.0. The predicted octanol–water partition coefficient (Wildman–Crippen LogP) is 7.62. The molecule has 4 rings (SSSR count). The van der Waals surface area contributed by atoms with Crippen LogP contribution in [0.5, 0.6) is 5.75 Å². The maximum absolute atomic E-state index is 13.6. The Morgan fingerprint density at radius 3 is 1.71 bits per heavy atom. The number of hydrogen-bond donors (Lipinski definition) is 5. The second kappa shape index (κ2) is 26.6. The van der Waals surface area contributed by atoms with E-state index in [4.69, 9.17) is 45.4 Å². The summed E-state index contributed by atoms with van der Waals surface area (Å²) in [6.07, 6.45) is -1.50. The van der Waals surface area contributed by atoms with Crippen molar-refractivity contribution in [2.45, 2.75) is 135 Å². The van der Waals surface area contributed by atoms with Crippen LogP contribution in [0.3, 0.4) is 0 Å².